The van der Waals surface area contributed by atoms with Crippen LogP contribution in [0.25, 0.3) is 11.1 Å². The number of rotatable bonds is 3. The standard InChI is InChI=1S/C17H15BrN2O/c1-20-16(15(18)11-19-20)17(21)14-9-7-13(8-10-14)12-5-3-2-4-6-12/h2-11,17,21H,1H3. The van der Waals surface area contributed by atoms with Gasteiger partial charge in [-0.05, 0) is 32.6 Å². The second-order valence-corrected chi connectivity index (χ2v) is 5.75. The van der Waals surface area contributed by atoms with E-state index in [2.05, 4.69) is 33.2 Å². The van der Waals surface area contributed by atoms with Crippen molar-refractivity contribution in [1.82, 2.24) is 9.78 Å². The molecule has 0 aliphatic rings. The van der Waals surface area contributed by atoms with Gasteiger partial charge in [-0.3, -0.25) is 4.68 Å². The van der Waals surface area contributed by atoms with Crippen molar-refractivity contribution >= 4 is 15.9 Å². The van der Waals surface area contributed by atoms with Crippen molar-refractivity contribution in [1.29, 1.82) is 0 Å². The van der Waals surface area contributed by atoms with Crippen LogP contribution >= 0.6 is 15.9 Å². The van der Waals surface area contributed by atoms with Crippen LogP contribution in [0.1, 0.15) is 17.4 Å². The molecule has 0 aliphatic heterocycles. The molecule has 0 aliphatic carbocycles. The number of benzene rings is 2. The predicted molar refractivity (Wildman–Crippen MR) is 86.8 cm³/mol. The summed E-state index contributed by atoms with van der Waals surface area (Å²) < 4.78 is 2.49. The Hall–Kier alpha value is -1.91. The van der Waals surface area contributed by atoms with Gasteiger partial charge in [0.15, 0.2) is 0 Å². The van der Waals surface area contributed by atoms with Crippen molar-refractivity contribution in [2.75, 3.05) is 0 Å². The maximum absolute atomic E-state index is 10.5. The summed E-state index contributed by atoms with van der Waals surface area (Å²) >= 11 is 3.42. The third kappa shape index (κ3) is 2.77. The molecule has 0 saturated heterocycles. The highest BCUT2D eigenvalue weighted by Gasteiger charge is 2.18. The number of nitrogens with zero attached hydrogens (tertiary/aromatic N) is 2. The largest absolute Gasteiger partial charge is 0.382 e. The molecule has 3 nitrogen and oxygen atoms in total. The van der Waals surface area contributed by atoms with E-state index in [1.165, 1.54) is 5.56 Å². The van der Waals surface area contributed by atoms with Crippen LogP contribution in [0.3, 0.4) is 0 Å². The third-order valence-corrected chi connectivity index (χ3v) is 4.14. The first-order chi connectivity index (χ1) is 10.2. The van der Waals surface area contributed by atoms with Gasteiger partial charge in [0, 0.05) is 7.05 Å². The van der Waals surface area contributed by atoms with Crippen molar-refractivity contribution in [2.45, 2.75) is 6.10 Å². The van der Waals surface area contributed by atoms with Crippen LogP contribution in [0.5, 0.6) is 0 Å². The van der Waals surface area contributed by atoms with Gasteiger partial charge < -0.3 is 5.11 Å². The number of hydrogen-bond donors (Lipinski definition) is 1. The molecule has 3 aromatic rings. The first kappa shape index (κ1) is 14.0. The van der Waals surface area contributed by atoms with Crippen molar-refractivity contribution in [3.63, 3.8) is 0 Å². The molecule has 1 aromatic heterocycles. The second-order valence-electron chi connectivity index (χ2n) is 4.89. The van der Waals surface area contributed by atoms with E-state index in [0.29, 0.717) is 0 Å². The number of aliphatic hydroxyl groups excluding tert-OH is 1. The van der Waals surface area contributed by atoms with Gasteiger partial charge in [0.1, 0.15) is 6.10 Å². The molecule has 106 valence electrons. The zero-order valence-electron chi connectivity index (χ0n) is 11.6. The fourth-order valence-corrected chi connectivity index (χ4v) is 2.94. The molecule has 1 N–H and O–H groups in total. The number of aliphatic hydroxyl groups is 1. The van der Waals surface area contributed by atoms with Crippen LogP contribution in [0.2, 0.25) is 0 Å². The van der Waals surface area contributed by atoms with E-state index in [4.69, 9.17) is 0 Å². The number of hydrogen-bond acceptors (Lipinski definition) is 2. The van der Waals surface area contributed by atoms with Gasteiger partial charge >= 0.3 is 0 Å². The SMILES string of the molecule is Cn1ncc(Br)c1C(O)c1ccc(-c2ccccc2)cc1. The maximum Gasteiger partial charge on any atom is 0.122 e. The van der Waals surface area contributed by atoms with Crippen molar-refractivity contribution in [2.24, 2.45) is 7.05 Å². The molecule has 0 saturated carbocycles. The normalized spacial score (nSPS) is 12.3. The second kappa shape index (κ2) is 5.84. The topological polar surface area (TPSA) is 38.0 Å². The Labute approximate surface area is 132 Å². The van der Waals surface area contributed by atoms with E-state index >= 15 is 0 Å². The van der Waals surface area contributed by atoms with Gasteiger partial charge in [0.2, 0.25) is 0 Å². The van der Waals surface area contributed by atoms with Gasteiger partial charge in [-0.2, -0.15) is 5.10 Å². The van der Waals surface area contributed by atoms with E-state index in [9.17, 15) is 5.11 Å². The maximum atomic E-state index is 10.5. The summed E-state index contributed by atoms with van der Waals surface area (Å²) in [6.45, 7) is 0. The quantitative estimate of drug-likeness (QED) is 0.782. The molecule has 4 heteroatoms. The fourth-order valence-electron chi connectivity index (χ4n) is 2.37. The van der Waals surface area contributed by atoms with E-state index in [1.54, 1.807) is 10.9 Å². The van der Waals surface area contributed by atoms with Gasteiger partial charge in [-0.1, -0.05) is 54.6 Å². The predicted octanol–water partition coefficient (Wildman–Crippen LogP) is 3.93. The number of aryl methyl sites for hydroxylation is 1. The first-order valence-corrected chi connectivity index (χ1v) is 7.47. The molecular formula is C17H15BrN2O. The van der Waals surface area contributed by atoms with Crippen LogP contribution < -0.4 is 0 Å². The molecule has 1 atom stereocenters. The van der Waals surface area contributed by atoms with Crippen molar-refractivity contribution < 1.29 is 5.11 Å². The highest BCUT2D eigenvalue weighted by atomic mass is 79.9. The van der Waals surface area contributed by atoms with Crippen LogP contribution in [0.15, 0.2) is 65.3 Å². The Bertz CT molecular complexity index is 716. The van der Waals surface area contributed by atoms with Crippen LogP contribution in [0, 0.1) is 0 Å². The molecule has 2 aromatic carbocycles. The Morgan fingerprint density at radius 3 is 2.19 bits per heavy atom. The van der Waals surface area contributed by atoms with E-state index in [-0.39, 0.29) is 0 Å². The zero-order chi connectivity index (χ0) is 14.8. The van der Waals surface area contributed by atoms with Crippen molar-refractivity contribution in [3.05, 3.63) is 76.5 Å². The van der Waals surface area contributed by atoms with Crippen LogP contribution in [-0.4, -0.2) is 14.9 Å². The van der Waals surface area contributed by atoms with Gasteiger partial charge in [-0.15, -0.1) is 0 Å². The summed E-state index contributed by atoms with van der Waals surface area (Å²) in [4.78, 5) is 0. The smallest absolute Gasteiger partial charge is 0.122 e. The lowest BCUT2D eigenvalue weighted by molar-refractivity contribution is 0.209. The van der Waals surface area contributed by atoms with E-state index in [0.717, 1.165) is 21.3 Å². The Kier molecular flexibility index (Phi) is 3.90. The molecule has 21 heavy (non-hydrogen) atoms. The number of halogens is 1. The minimum atomic E-state index is -0.698. The van der Waals surface area contributed by atoms with Gasteiger partial charge in [-0.25, -0.2) is 0 Å². The molecule has 1 heterocycles. The summed E-state index contributed by atoms with van der Waals surface area (Å²) in [5.41, 5.74) is 3.90. The zero-order valence-corrected chi connectivity index (χ0v) is 13.2. The minimum absolute atomic E-state index is 0.698. The lowest BCUT2D eigenvalue weighted by Gasteiger charge is -2.13. The van der Waals surface area contributed by atoms with Gasteiger partial charge in [0.25, 0.3) is 0 Å². The highest BCUT2D eigenvalue weighted by molar-refractivity contribution is 9.10. The van der Waals surface area contributed by atoms with Crippen molar-refractivity contribution in [3.8, 4) is 11.1 Å². The fraction of sp³-hybridized carbons (Fsp3) is 0.118. The molecule has 1 unspecified atom stereocenters. The van der Waals surface area contributed by atoms with Gasteiger partial charge in [0.05, 0.1) is 16.4 Å². The Morgan fingerprint density at radius 2 is 1.62 bits per heavy atom. The van der Waals surface area contributed by atoms with Crippen LogP contribution in [0.4, 0.5) is 0 Å². The monoisotopic (exact) mass is 342 g/mol. The lowest BCUT2D eigenvalue weighted by atomic mass is 10.0. The molecule has 0 fully saturated rings. The molecule has 0 radical (unpaired) electrons. The average Bonchev–Trinajstić information content (AvgIpc) is 2.87. The molecule has 0 spiro atoms. The molecule has 0 amide bonds. The van der Waals surface area contributed by atoms with Crippen LogP contribution in [-0.2, 0) is 7.05 Å². The average molecular weight is 343 g/mol. The molecule has 0 bridgehead atoms. The Balaban J connectivity index is 1.91. The van der Waals surface area contributed by atoms with E-state index < -0.39 is 6.10 Å². The van der Waals surface area contributed by atoms with E-state index in [1.807, 2.05) is 49.5 Å². The molecule has 3 rings (SSSR count). The third-order valence-electron chi connectivity index (χ3n) is 3.53. The number of aromatic nitrogens is 2. The summed E-state index contributed by atoms with van der Waals surface area (Å²) in [5.74, 6) is 0. The summed E-state index contributed by atoms with van der Waals surface area (Å²) in [6.07, 6.45) is 0.994. The Morgan fingerprint density at radius 1 is 1.00 bits per heavy atom. The summed E-state index contributed by atoms with van der Waals surface area (Å²) in [5, 5.41) is 14.7. The molecular weight excluding hydrogens is 328 g/mol. The first-order valence-electron chi connectivity index (χ1n) is 6.67. The lowest BCUT2D eigenvalue weighted by Crippen LogP contribution is -2.07. The summed E-state index contributed by atoms with van der Waals surface area (Å²) in [7, 11) is 1.82. The highest BCUT2D eigenvalue weighted by Crippen LogP contribution is 2.29. The minimum Gasteiger partial charge on any atom is -0.382 e. The summed E-state index contributed by atoms with van der Waals surface area (Å²) in [6, 6.07) is 18.1.